The van der Waals surface area contributed by atoms with Crippen LogP contribution >= 0.6 is 11.8 Å². The number of carbonyl (C=O) groups is 1. The Morgan fingerprint density at radius 1 is 1.07 bits per heavy atom. The van der Waals surface area contributed by atoms with Crippen molar-refractivity contribution in [2.24, 2.45) is 0 Å². The third kappa shape index (κ3) is 4.91. The number of ether oxygens (including phenoxy) is 1. The molecule has 0 radical (unpaired) electrons. The van der Waals surface area contributed by atoms with Crippen molar-refractivity contribution in [1.82, 2.24) is 9.78 Å². The normalized spacial score (nSPS) is 11.8. The molecule has 30 heavy (non-hydrogen) atoms. The minimum Gasteiger partial charge on any atom is -0.495 e. The molecule has 0 aliphatic rings. The van der Waals surface area contributed by atoms with Crippen LogP contribution in [0, 0.1) is 20.8 Å². The summed E-state index contributed by atoms with van der Waals surface area (Å²) in [5.41, 5.74) is 4.36. The van der Waals surface area contributed by atoms with Crippen LogP contribution in [0.5, 0.6) is 5.75 Å². The average molecular weight is 424 g/mol. The zero-order valence-electron chi connectivity index (χ0n) is 17.7. The molecule has 1 aromatic heterocycles. The van der Waals surface area contributed by atoms with Gasteiger partial charge in [0.1, 0.15) is 10.8 Å². The van der Waals surface area contributed by atoms with Crippen molar-refractivity contribution in [3.8, 4) is 11.4 Å². The fraction of sp³-hybridized carbons (Fsp3) is 0.261. The summed E-state index contributed by atoms with van der Waals surface area (Å²) in [7, 11) is 1.57. The lowest BCUT2D eigenvalue weighted by Gasteiger charge is -2.15. The predicted octanol–water partition coefficient (Wildman–Crippen LogP) is 4.29. The minimum absolute atomic E-state index is 0.172. The van der Waals surface area contributed by atoms with E-state index in [1.54, 1.807) is 20.1 Å². The van der Waals surface area contributed by atoms with E-state index in [2.05, 4.69) is 10.4 Å². The Hall–Kier alpha value is -3.06. The number of aromatic nitrogens is 2. The molecule has 156 valence electrons. The number of carbonyl (C=O) groups excluding carboxylic acids is 1. The first-order valence-electron chi connectivity index (χ1n) is 9.58. The molecule has 1 atom stereocenters. The van der Waals surface area contributed by atoms with Crippen LogP contribution in [0.1, 0.15) is 23.6 Å². The summed E-state index contributed by atoms with van der Waals surface area (Å²) in [6, 6.07) is 14.5. The number of aryl methyl sites for hydroxylation is 3. The highest BCUT2D eigenvalue weighted by molar-refractivity contribution is 8.00. The highest BCUT2D eigenvalue weighted by Gasteiger charge is 2.18. The SMILES string of the molecule is COc1ccc(C)cc1NC(=O)[C@@H](C)Sc1ccc(=O)n(-c2ccc(C)c(C)c2)n1. The maximum absolute atomic E-state index is 12.7. The molecular formula is C23H25N3O3S. The van der Waals surface area contributed by atoms with Crippen molar-refractivity contribution in [2.75, 3.05) is 12.4 Å². The minimum atomic E-state index is -0.423. The van der Waals surface area contributed by atoms with Crippen LogP contribution < -0.4 is 15.6 Å². The second kappa shape index (κ2) is 9.17. The van der Waals surface area contributed by atoms with Gasteiger partial charge in [-0.3, -0.25) is 9.59 Å². The predicted molar refractivity (Wildman–Crippen MR) is 121 cm³/mol. The highest BCUT2D eigenvalue weighted by Crippen LogP contribution is 2.27. The standard InChI is InChI=1S/C23H25N3O3S/c1-14-6-9-20(29-5)19(12-14)24-23(28)17(4)30-21-10-11-22(27)26(25-21)18-8-7-15(2)16(3)13-18/h6-13,17H,1-5H3,(H,24,28)/t17-/m1/s1. The van der Waals surface area contributed by atoms with E-state index in [-0.39, 0.29) is 11.5 Å². The fourth-order valence-electron chi connectivity index (χ4n) is 2.89. The zero-order valence-corrected chi connectivity index (χ0v) is 18.5. The van der Waals surface area contributed by atoms with Crippen molar-refractivity contribution >= 4 is 23.4 Å². The first-order valence-corrected chi connectivity index (χ1v) is 10.5. The van der Waals surface area contributed by atoms with Gasteiger partial charge in [-0.05, 0) is 74.7 Å². The van der Waals surface area contributed by atoms with Crippen LogP contribution in [0.15, 0.2) is 58.4 Å². The molecule has 1 N–H and O–H groups in total. The molecule has 0 fully saturated rings. The Balaban J connectivity index is 1.79. The van der Waals surface area contributed by atoms with E-state index in [1.807, 2.05) is 57.2 Å². The maximum atomic E-state index is 12.7. The van der Waals surface area contributed by atoms with Gasteiger partial charge in [-0.1, -0.05) is 23.9 Å². The number of methoxy groups -OCH3 is 1. The van der Waals surface area contributed by atoms with E-state index in [0.29, 0.717) is 22.2 Å². The summed E-state index contributed by atoms with van der Waals surface area (Å²) in [6.07, 6.45) is 0. The molecule has 3 aromatic rings. The number of benzene rings is 2. The molecule has 3 rings (SSSR count). The number of rotatable bonds is 6. The van der Waals surface area contributed by atoms with E-state index in [1.165, 1.54) is 22.5 Å². The molecule has 1 heterocycles. The second-order valence-corrected chi connectivity index (χ2v) is 8.50. The molecular weight excluding hydrogens is 398 g/mol. The van der Waals surface area contributed by atoms with Crippen LogP contribution in [-0.2, 0) is 4.79 Å². The van der Waals surface area contributed by atoms with Crippen LogP contribution in [0.3, 0.4) is 0 Å². The summed E-state index contributed by atoms with van der Waals surface area (Å²) in [5.74, 6) is 0.433. The van der Waals surface area contributed by atoms with E-state index in [4.69, 9.17) is 4.74 Å². The molecule has 0 spiro atoms. The van der Waals surface area contributed by atoms with Crippen molar-refractivity contribution in [3.05, 3.63) is 75.6 Å². The number of nitrogens with zero attached hydrogens (tertiary/aromatic N) is 2. The lowest BCUT2D eigenvalue weighted by molar-refractivity contribution is -0.115. The van der Waals surface area contributed by atoms with Gasteiger partial charge in [0.15, 0.2) is 0 Å². The van der Waals surface area contributed by atoms with Gasteiger partial charge in [0, 0.05) is 6.07 Å². The molecule has 0 saturated carbocycles. The third-order valence-corrected chi connectivity index (χ3v) is 5.82. The number of hydrogen-bond acceptors (Lipinski definition) is 5. The summed E-state index contributed by atoms with van der Waals surface area (Å²) >= 11 is 1.29. The van der Waals surface area contributed by atoms with Crippen molar-refractivity contribution in [2.45, 2.75) is 38.0 Å². The summed E-state index contributed by atoms with van der Waals surface area (Å²) in [4.78, 5) is 25.0. The molecule has 7 heteroatoms. The summed E-state index contributed by atoms with van der Waals surface area (Å²) in [6.45, 7) is 7.77. The van der Waals surface area contributed by atoms with Gasteiger partial charge in [-0.15, -0.1) is 0 Å². The number of nitrogens with one attached hydrogen (secondary N) is 1. The average Bonchev–Trinajstić information content (AvgIpc) is 2.71. The molecule has 0 aliphatic heterocycles. The highest BCUT2D eigenvalue weighted by atomic mass is 32.2. The topological polar surface area (TPSA) is 73.2 Å². The number of anilines is 1. The van der Waals surface area contributed by atoms with Gasteiger partial charge in [-0.25, -0.2) is 0 Å². The Morgan fingerprint density at radius 2 is 1.83 bits per heavy atom. The van der Waals surface area contributed by atoms with Crippen LogP contribution in [0.2, 0.25) is 0 Å². The molecule has 0 unspecified atom stereocenters. The molecule has 1 amide bonds. The Morgan fingerprint density at radius 3 is 2.53 bits per heavy atom. The van der Waals surface area contributed by atoms with Gasteiger partial charge >= 0.3 is 0 Å². The van der Waals surface area contributed by atoms with Gasteiger partial charge in [0.2, 0.25) is 5.91 Å². The molecule has 2 aromatic carbocycles. The number of thioether (sulfide) groups is 1. The lowest BCUT2D eigenvalue weighted by Crippen LogP contribution is -2.24. The maximum Gasteiger partial charge on any atom is 0.271 e. The largest absolute Gasteiger partial charge is 0.495 e. The van der Waals surface area contributed by atoms with E-state index < -0.39 is 5.25 Å². The van der Waals surface area contributed by atoms with Crippen LogP contribution in [-0.4, -0.2) is 28.0 Å². The van der Waals surface area contributed by atoms with Gasteiger partial charge in [0.05, 0.1) is 23.7 Å². The monoisotopic (exact) mass is 423 g/mol. The quantitative estimate of drug-likeness (QED) is 0.599. The van der Waals surface area contributed by atoms with Gasteiger partial charge < -0.3 is 10.1 Å². The van der Waals surface area contributed by atoms with Gasteiger partial charge in [0.25, 0.3) is 5.56 Å². The third-order valence-electron chi connectivity index (χ3n) is 4.79. The second-order valence-electron chi connectivity index (χ2n) is 7.14. The summed E-state index contributed by atoms with van der Waals surface area (Å²) in [5, 5.41) is 7.53. The van der Waals surface area contributed by atoms with Crippen LogP contribution in [0.4, 0.5) is 5.69 Å². The van der Waals surface area contributed by atoms with Crippen molar-refractivity contribution < 1.29 is 9.53 Å². The Kier molecular flexibility index (Phi) is 6.62. The zero-order chi connectivity index (χ0) is 21.8. The van der Waals surface area contributed by atoms with Crippen LogP contribution in [0.25, 0.3) is 5.69 Å². The van der Waals surface area contributed by atoms with Crippen molar-refractivity contribution in [1.29, 1.82) is 0 Å². The molecule has 6 nitrogen and oxygen atoms in total. The Labute approximate surface area is 180 Å². The smallest absolute Gasteiger partial charge is 0.271 e. The molecule has 0 aliphatic carbocycles. The Bertz CT molecular complexity index is 1140. The van der Waals surface area contributed by atoms with E-state index in [0.717, 1.165) is 16.7 Å². The first kappa shape index (κ1) is 21.6. The number of hydrogen-bond donors (Lipinski definition) is 1. The van der Waals surface area contributed by atoms with Crippen molar-refractivity contribution in [3.63, 3.8) is 0 Å². The molecule has 0 bridgehead atoms. The summed E-state index contributed by atoms with van der Waals surface area (Å²) < 4.78 is 6.69. The number of amides is 1. The van der Waals surface area contributed by atoms with Gasteiger partial charge in [-0.2, -0.15) is 9.78 Å². The first-order chi connectivity index (χ1) is 14.3. The lowest BCUT2D eigenvalue weighted by atomic mass is 10.1. The molecule has 0 saturated heterocycles. The van der Waals surface area contributed by atoms with E-state index in [9.17, 15) is 9.59 Å². The fourth-order valence-corrected chi connectivity index (χ4v) is 3.69. The van der Waals surface area contributed by atoms with E-state index >= 15 is 0 Å².